The summed E-state index contributed by atoms with van der Waals surface area (Å²) in [5.74, 6) is 0. The molecule has 0 N–H and O–H groups in total. The number of rotatable bonds is 7. The van der Waals surface area contributed by atoms with Crippen molar-refractivity contribution in [1.29, 1.82) is 0 Å². The first-order valence-electron chi connectivity index (χ1n) is 22.0. The molecule has 0 unspecified atom stereocenters. The summed E-state index contributed by atoms with van der Waals surface area (Å²) < 4.78 is 5.03. The molecule has 1 aliphatic carbocycles. The van der Waals surface area contributed by atoms with Crippen molar-refractivity contribution in [1.82, 2.24) is 4.57 Å². The minimum Gasteiger partial charge on any atom is -0.310 e. The van der Waals surface area contributed by atoms with E-state index in [1.54, 1.807) is 0 Å². The summed E-state index contributed by atoms with van der Waals surface area (Å²) in [5, 5.41) is 5.09. The molecule has 0 amide bonds. The number of nitrogens with zero attached hydrogens (tertiary/aromatic N) is 2. The zero-order valence-electron chi connectivity index (χ0n) is 34.9. The highest BCUT2D eigenvalue weighted by atomic mass is 32.1. The second-order valence-corrected chi connectivity index (χ2v) is 17.9. The average molecular weight is 833 g/mol. The van der Waals surface area contributed by atoms with Gasteiger partial charge in [0.15, 0.2) is 0 Å². The van der Waals surface area contributed by atoms with Crippen LogP contribution in [-0.4, -0.2) is 4.57 Å². The lowest BCUT2D eigenvalue weighted by Gasteiger charge is -2.34. The van der Waals surface area contributed by atoms with Crippen molar-refractivity contribution >= 4 is 70.4 Å². The van der Waals surface area contributed by atoms with E-state index in [-0.39, 0.29) is 0 Å². The highest BCUT2D eigenvalue weighted by Crippen LogP contribution is 2.57. The maximum absolute atomic E-state index is 2.47. The van der Waals surface area contributed by atoms with Gasteiger partial charge in [0.05, 0.1) is 16.4 Å². The smallest absolute Gasteiger partial charge is 0.0713 e. The molecule has 2 heterocycles. The van der Waals surface area contributed by atoms with E-state index in [9.17, 15) is 0 Å². The molecule has 12 aromatic rings. The minimum absolute atomic E-state index is 0.527. The molecule has 13 rings (SSSR count). The number of hydrogen-bond acceptors (Lipinski definition) is 2. The molecule has 0 atom stereocenters. The number of benzene rings is 10. The first-order valence-corrected chi connectivity index (χ1v) is 22.8. The largest absolute Gasteiger partial charge is 0.310 e. The van der Waals surface area contributed by atoms with Gasteiger partial charge in [-0.05, 0) is 117 Å². The van der Waals surface area contributed by atoms with E-state index in [0.29, 0.717) is 0 Å². The Morgan fingerprint density at radius 1 is 0.344 bits per heavy atom. The van der Waals surface area contributed by atoms with Crippen LogP contribution in [0.2, 0.25) is 0 Å². The molecule has 0 saturated carbocycles. The van der Waals surface area contributed by atoms with Crippen LogP contribution in [-0.2, 0) is 5.41 Å². The van der Waals surface area contributed by atoms with Crippen LogP contribution in [0.3, 0.4) is 0 Å². The molecule has 0 fully saturated rings. The standard InChI is InChI=1S/C61H40N2S/c1-3-15-41(16-4-1)42-27-32-46(33-28-42)62(48-36-37-52-51-21-9-13-25-57(51)63(58(52)40-48)45-17-5-2-6-18-45)47-34-29-43(30-35-47)61(55-23-11-7-19-49(55)50-20-8-12-24-56(50)61)44-31-38-60-54(39-44)53-22-10-14-26-59(53)64-60/h1-40H. The number of para-hydroxylation sites is 2. The summed E-state index contributed by atoms with van der Waals surface area (Å²) in [5.41, 5.74) is 16.4. The molecular weight excluding hydrogens is 793 g/mol. The topological polar surface area (TPSA) is 8.17 Å². The highest BCUT2D eigenvalue weighted by molar-refractivity contribution is 7.25. The molecule has 0 bridgehead atoms. The van der Waals surface area contributed by atoms with Crippen molar-refractivity contribution < 1.29 is 0 Å². The first kappa shape index (κ1) is 36.7. The first-order chi connectivity index (χ1) is 31.7. The van der Waals surface area contributed by atoms with Crippen LogP contribution in [0.25, 0.3) is 69.9 Å². The van der Waals surface area contributed by atoms with Gasteiger partial charge in [0.1, 0.15) is 0 Å². The van der Waals surface area contributed by atoms with Crippen molar-refractivity contribution in [3.63, 3.8) is 0 Å². The van der Waals surface area contributed by atoms with E-state index in [1.165, 1.54) is 86.5 Å². The zero-order chi connectivity index (χ0) is 42.2. The van der Waals surface area contributed by atoms with Crippen molar-refractivity contribution in [3.05, 3.63) is 265 Å². The molecule has 0 saturated heterocycles. The van der Waals surface area contributed by atoms with Crippen LogP contribution < -0.4 is 4.90 Å². The van der Waals surface area contributed by atoms with Gasteiger partial charge >= 0.3 is 0 Å². The van der Waals surface area contributed by atoms with Crippen molar-refractivity contribution in [2.75, 3.05) is 4.90 Å². The molecule has 3 heteroatoms. The predicted molar refractivity (Wildman–Crippen MR) is 271 cm³/mol. The summed E-state index contributed by atoms with van der Waals surface area (Å²) in [7, 11) is 0. The highest BCUT2D eigenvalue weighted by Gasteiger charge is 2.46. The molecule has 1 aliphatic rings. The Balaban J connectivity index is 1.02. The molecule has 0 spiro atoms. The fourth-order valence-electron chi connectivity index (χ4n) is 10.7. The van der Waals surface area contributed by atoms with E-state index >= 15 is 0 Å². The number of thiophene rings is 1. The van der Waals surface area contributed by atoms with E-state index in [4.69, 9.17) is 0 Å². The Hall–Kier alpha value is -7.98. The SMILES string of the molecule is c1ccc(-c2ccc(N(c3ccc(C4(c5ccc6sc7ccccc7c6c5)c5ccccc5-c5ccccc54)cc3)c3ccc4c5ccccc5n(-c5ccccc5)c4c3)cc2)cc1. The Morgan fingerprint density at radius 2 is 0.875 bits per heavy atom. The summed E-state index contributed by atoms with van der Waals surface area (Å²) in [6.45, 7) is 0. The van der Waals surface area contributed by atoms with Crippen LogP contribution in [0.15, 0.2) is 243 Å². The Kier molecular flexibility index (Phi) is 8.34. The molecular formula is C61H40N2S. The van der Waals surface area contributed by atoms with Crippen molar-refractivity contribution in [3.8, 4) is 27.9 Å². The summed E-state index contributed by atoms with van der Waals surface area (Å²) in [4.78, 5) is 2.41. The van der Waals surface area contributed by atoms with Gasteiger partial charge in [-0.25, -0.2) is 0 Å². The molecule has 2 nitrogen and oxygen atoms in total. The van der Waals surface area contributed by atoms with Crippen LogP contribution in [0.4, 0.5) is 17.1 Å². The maximum Gasteiger partial charge on any atom is 0.0713 e. The summed E-state index contributed by atoms with van der Waals surface area (Å²) in [6, 6.07) is 89.6. The average Bonchev–Trinajstić information content (AvgIpc) is 4.01. The fraction of sp³-hybridized carbons (Fsp3) is 0.0164. The van der Waals surface area contributed by atoms with Gasteiger partial charge < -0.3 is 9.47 Å². The van der Waals surface area contributed by atoms with Gasteiger partial charge in [0.25, 0.3) is 0 Å². The minimum atomic E-state index is -0.527. The monoisotopic (exact) mass is 832 g/mol. The fourth-order valence-corrected chi connectivity index (χ4v) is 11.8. The molecule has 300 valence electrons. The number of fused-ring (bicyclic) bond motifs is 9. The molecule has 0 radical (unpaired) electrons. The van der Waals surface area contributed by atoms with Gasteiger partial charge in [0.2, 0.25) is 0 Å². The molecule has 2 aromatic heterocycles. The van der Waals surface area contributed by atoms with E-state index < -0.39 is 5.41 Å². The second kappa shape index (κ2) is 14.6. The van der Waals surface area contributed by atoms with Gasteiger partial charge in [-0.1, -0.05) is 170 Å². The lowest BCUT2D eigenvalue weighted by atomic mass is 9.67. The Labute approximate surface area is 376 Å². The van der Waals surface area contributed by atoms with Crippen molar-refractivity contribution in [2.24, 2.45) is 0 Å². The quantitative estimate of drug-likeness (QED) is 0.155. The Morgan fingerprint density at radius 3 is 1.61 bits per heavy atom. The lowest BCUT2D eigenvalue weighted by Crippen LogP contribution is -2.28. The van der Waals surface area contributed by atoms with Crippen LogP contribution in [0, 0.1) is 0 Å². The van der Waals surface area contributed by atoms with Gasteiger partial charge in [-0.2, -0.15) is 0 Å². The lowest BCUT2D eigenvalue weighted by molar-refractivity contribution is 0.770. The molecule has 64 heavy (non-hydrogen) atoms. The number of anilines is 3. The second-order valence-electron chi connectivity index (χ2n) is 16.8. The molecule has 10 aromatic carbocycles. The third-order valence-corrected chi connectivity index (χ3v) is 14.6. The maximum atomic E-state index is 2.47. The Bertz CT molecular complexity index is 3670. The van der Waals surface area contributed by atoms with Crippen molar-refractivity contribution in [2.45, 2.75) is 5.41 Å². The zero-order valence-corrected chi connectivity index (χ0v) is 35.7. The predicted octanol–water partition coefficient (Wildman–Crippen LogP) is 16.7. The van der Waals surface area contributed by atoms with Crippen LogP contribution >= 0.6 is 11.3 Å². The van der Waals surface area contributed by atoms with Gasteiger partial charge in [-0.15, -0.1) is 11.3 Å². The van der Waals surface area contributed by atoms with E-state index in [0.717, 1.165) is 22.7 Å². The third kappa shape index (κ3) is 5.51. The third-order valence-electron chi connectivity index (χ3n) is 13.5. The molecule has 0 aliphatic heterocycles. The van der Waals surface area contributed by atoms with Gasteiger partial charge in [0, 0.05) is 53.7 Å². The van der Waals surface area contributed by atoms with E-state index in [2.05, 4.69) is 252 Å². The number of hydrogen-bond donors (Lipinski definition) is 0. The summed E-state index contributed by atoms with van der Waals surface area (Å²) in [6.07, 6.45) is 0. The van der Waals surface area contributed by atoms with Gasteiger partial charge in [-0.3, -0.25) is 0 Å². The van der Waals surface area contributed by atoms with Crippen LogP contribution in [0.1, 0.15) is 22.3 Å². The van der Waals surface area contributed by atoms with E-state index in [1.807, 2.05) is 11.3 Å². The van der Waals surface area contributed by atoms with Crippen LogP contribution in [0.5, 0.6) is 0 Å². The number of aromatic nitrogens is 1. The normalized spacial score (nSPS) is 12.8. The summed E-state index contributed by atoms with van der Waals surface area (Å²) >= 11 is 1.87.